The van der Waals surface area contributed by atoms with Crippen LogP contribution in [-0.2, 0) is 4.79 Å². The van der Waals surface area contributed by atoms with Crippen LogP contribution in [0, 0.1) is 5.82 Å². The highest BCUT2D eigenvalue weighted by Crippen LogP contribution is 2.26. The Morgan fingerprint density at radius 2 is 1.90 bits per heavy atom. The molecule has 154 valence electrons. The van der Waals surface area contributed by atoms with Gasteiger partial charge in [-0.05, 0) is 69.2 Å². The van der Waals surface area contributed by atoms with Gasteiger partial charge in [-0.2, -0.15) is 0 Å². The van der Waals surface area contributed by atoms with Gasteiger partial charge in [0, 0.05) is 35.4 Å². The average molecular weight is 462 g/mol. The van der Waals surface area contributed by atoms with Crippen LogP contribution in [0.5, 0.6) is 0 Å². The number of benzene rings is 2. The number of amides is 2. The lowest BCUT2D eigenvalue weighted by atomic mass is 10.1. The molecule has 0 aliphatic carbocycles. The minimum atomic E-state index is -0.563. The van der Waals surface area contributed by atoms with Crippen molar-refractivity contribution in [3.63, 3.8) is 0 Å². The Balaban J connectivity index is 1.72. The molecule has 1 unspecified atom stereocenters. The number of nitrogens with one attached hydrogen (secondary N) is 1. The lowest BCUT2D eigenvalue weighted by Crippen LogP contribution is -2.43. The van der Waals surface area contributed by atoms with Crippen LogP contribution >= 0.6 is 15.9 Å². The first-order chi connectivity index (χ1) is 13.8. The monoisotopic (exact) mass is 461 g/mol. The van der Waals surface area contributed by atoms with E-state index in [1.165, 1.54) is 6.07 Å². The summed E-state index contributed by atoms with van der Waals surface area (Å²) in [5, 5.41) is 2.77. The molecule has 2 aromatic rings. The van der Waals surface area contributed by atoms with Gasteiger partial charge in [-0.25, -0.2) is 4.39 Å². The van der Waals surface area contributed by atoms with Crippen molar-refractivity contribution in [1.82, 2.24) is 4.90 Å². The van der Waals surface area contributed by atoms with Crippen LogP contribution in [0.2, 0.25) is 0 Å². The van der Waals surface area contributed by atoms with E-state index in [0.29, 0.717) is 29.9 Å². The molecule has 0 spiro atoms. The molecule has 1 aliphatic heterocycles. The van der Waals surface area contributed by atoms with Crippen molar-refractivity contribution in [3.05, 3.63) is 58.3 Å². The fourth-order valence-corrected chi connectivity index (χ4v) is 3.68. The molecular weight excluding hydrogens is 437 g/mol. The fourth-order valence-electron chi connectivity index (χ4n) is 3.42. The van der Waals surface area contributed by atoms with Crippen LogP contribution in [0.1, 0.15) is 37.0 Å². The van der Waals surface area contributed by atoms with E-state index in [1.54, 1.807) is 41.3 Å². The highest BCUT2D eigenvalue weighted by molar-refractivity contribution is 9.10. The van der Waals surface area contributed by atoms with Gasteiger partial charge in [0.25, 0.3) is 5.91 Å². The average Bonchev–Trinajstić information content (AvgIpc) is 3.17. The number of rotatable bonds is 5. The van der Waals surface area contributed by atoms with Crippen LogP contribution in [0.4, 0.5) is 15.8 Å². The predicted octanol–water partition coefficient (Wildman–Crippen LogP) is 4.68. The van der Waals surface area contributed by atoms with E-state index in [4.69, 9.17) is 0 Å². The Labute approximate surface area is 179 Å². The van der Waals surface area contributed by atoms with Crippen LogP contribution in [0.15, 0.2) is 46.9 Å². The fraction of sp³-hybridized carbons (Fsp3) is 0.364. The zero-order chi connectivity index (χ0) is 21.1. The second-order valence-electron chi connectivity index (χ2n) is 7.52. The molecule has 0 radical (unpaired) electrons. The predicted molar refractivity (Wildman–Crippen MR) is 117 cm³/mol. The molecule has 5 nitrogen and oxygen atoms in total. The van der Waals surface area contributed by atoms with E-state index < -0.39 is 11.9 Å². The highest BCUT2D eigenvalue weighted by Gasteiger charge is 2.34. The number of halogens is 2. The van der Waals surface area contributed by atoms with E-state index in [1.807, 2.05) is 25.8 Å². The molecule has 0 aromatic heterocycles. The first-order valence-electron chi connectivity index (χ1n) is 9.67. The summed E-state index contributed by atoms with van der Waals surface area (Å²) in [4.78, 5) is 29.1. The third-order valence-electron chi connectivity index (χ3n) is 5.28. The standard InChI is InChI=1S/C22H25BrFN3O2/c1-14(2)26(3)19-11-10-17(13-18(19)24)25-21(28)20-5-4-12-27(20)22(29)15-6-8-16(23)9-7-15/h6-11,13-14,20H,4-5,12H2,1-3H3,(H,25,28). The van der Waals surface area contributed by atoms with Gasteiger partial charge in [0.1, 0.15) is 11.9 Å². The number of nitrogens with zero attached hydrogens (tertiary/aromatic N) is 2. The molecular formula is C22H25BrFN3O2. The molecule has 2 aromatic carbocycles. The first-order valence-corrected chi connectivity index (χ1v) is 10.5. The molecule has 0 bridgehead atoms. The van der Waals surface area contributed by atoms with E-state index in [9.17, 15) is 14.0 Å². The third kappa shape index (κ3) is 4.78. The largest absolute Gasteiger partial charge is 0.370 e. The van der Waals surface area contributed by atoms with Crippen LogP contribution < -0.4 is 10.2 Å². The number of likely N-dealkylation sites (tertiary alicyclic amines) is 1. The van der Waals surface area contributed by atoms with Crippen LogP contribution in [0.3, 0.4) is 0 Å². The Bertz CT molecular complexity index is 901. The molecule has 0 saturated carbocycles. The van der Waals surface area contributed by atoms with Crippen molar-refractivity contribution in [3.8, 4) is 0 Å². The summed E-state index contributed by atoms with van der Waals surface area (Å²) in [6, 6.07) is 11.3. The minimum absolute atomic E-state index is 0.154. The van der Waals surface area contributed by atoms with Crippen molar-refractivity contribution in [2.24, 2.45) is 0 Å². The molecule has 2 amide bonds. The molecule has 1 saturated heterocycles. The van der Waals surface area contributed by atoms with E-state index in [2.05, 4.69) is 21.2 Å². The third-order valence-corrected chi connectivity index (χ3v) is 5.81. The number of carbonyl (C=O) groups is 2. The van der Waals surface area contributed by atoms with Crippen molar-refractivity contribution in [1.29, 1.82) is 0 Å². The molecule has 7 heteroatoms. The van der Waals surface area contributed by atoms with E-state index in [-0.39, 0.29) is 17.9 Å². The topological polar surface area (TPSA) is 52.7 Å². The molecule has 1 atom stereocenters. The van der Waals surface area contributed by atoms with Gasteiger partial charge in [0.05, 0.1) is 5.69 Å². The van der Waals surface area contributed by atoms with Gasteiger partial charge < -0.3 is 15.1 Å². The quantitative estimate of drug-likeness (QED) is 0.703. The van der Waals surface area contributed by atoms with Gasteiger partial charge >= 0.3 is 0 Å². The summed E-state index contributed by atoms with van der Waals surface area (Å²) in [6.45, 7) is 4.48. The normalized spacial score (nSPS) is 16.2. The second-order valence-corrected chi connectivity index (χ2v) is 8.44. The SMILES string of the molecule is CC(C)N(C)c1ccc(NC(=O)C2CCCN2C(=O)c2ccc(Br)cc2)cc1F. The van der Waals surface area contributed by atoms with Gasteiger partial charge in [-0.15, -0.1) is 0 Å². The van der Waals surface area contributed by atoms with Crippen LogP contribution in [-0.4, -0.2) is 42.4 Å². The second kappa shape index (κ2) is 8.95. The lowest BCUT2D eigenvalue weighted by Gasteiger charge is -2.25. The van der Waals surface area contributed by atoms with Crippen molar-refractivity contribution >= 4 is 39.1 Å². The Morgan fingerprint density at radius 3 is 2.52 bits per heavy atom. The van der Waals surface area contributed by atoms with E-state index in [0.717, 1.165) is 10.9 Å². The Kier molecular flexibility index (Phi) is 6.57. The van der Waals surface area contributed by atoms with Gasteiger partial charge in [-0.3, -0.25) is 9.59 Å². The lowest BCUT2D eigenvalue weighted by molar-refractivity contribution is -0.119. The number of anilines is 2. The molecule has 1 fully saturated rings. The number of hydrogen-bond acceptors (Lipinski definition) is 3. The summed E-state index contributed by atoms with van der Waals surface area (Å²) in [5.74, 6) is -0.860. The van der Waals surface area contributed by atoms with Crippen LogP contribution in [0.25, 0.3) is 0 Å². The maximum atomic E-state index is 14.5. The first kappa shape index (κ1) is 21.3. The number of hydrogen-bond donors (Lipinski definition) is 1. The molecule has 3 rings (SSSR count). The summed E-state index contributed by atoms with van der Waals surface area (Å²) in [5.41, 5.74) is 1.40. The molecule has 1 heterocycles. The zero-order valence-corrected chi connectivity index (χ0v) is 18.4. The molecule has 1 aliphatic rings. The molecule has 1 N–H and O–H groups in total. The summed E-state index contributed by atoms with van der Waals surface area (Å²) in [6.07, 6.45) is 1.34. The smallest absolute Gasteiger partial charge is 0.254 e. The summed E-state index contributed by atoms with van der Waals surface area (Å²) < 4.78 is 15.4. The highest BCUT2D eigenvalue weighted by atomic mass is 79.9. The van der Waals surface area contributed by atoms with Gasteiger partial charge in [0.2, 0.25) is 5.91 Å². The van der Waals surface area contributed by atoms with Crippen molar-refractivity contribution < 1.29 is 14.0 Å². The minimum Gasteiger partial charge on any atom is -0.370 e. The Morgan fingerprint density at radius 1 is 1.21 bits per heavy atom. The summed E-state index contributed by atoms with van der Waals surface area (Å²) in [7, 11) is 1.82. The maximum absolute atomic E-state index is 14.5. The number of carbonyl (C=O) groups excluding carboxylic acids is 2. The Hall–Kier alpha value is -2.41. The van der Waals surface area contributed by atoms with Gasteiger partial charge in [-0.1, -0.05) is 15.9 Å². The molecule has 29 heavy (non-hydrogen) atoms. The van der Waals surface area contributed by atoms with E-state index >= 15 is 0 Å². The van der Waals surface area contributed by atoms with Crippen molar-refractivity contribution in [2.75, 3.05) is 23.8 Å². The zero-order valence-electron chi connectivity index (χ0n) is 16.8. The maximum Gasteiger partial charge on any atom is 0.254 e. The summed E-state index contributed by atoms with van der Waals surface area (Å²) >= 11 is 3.36. The van der Waals surface area contributed by atoms with Gasteiger partial charge in [0.15, 0.2) is 0 Å². The van der Waals surface area contributed by atoms with Crippen molar-refractivity contribution in [2.45, 2.75) is 38.8 Å².